The van der Waals surface area contributed by atoms with Crippen molar-refractivity contribution in [2.24, 2.45) is 0 Å². The van der Waals surface area contributed by atoms with Crippen LogP contribution in [0.2, 0.25) is 5.02 Å². The number of nitrogens with one attached hydrogen (secondary N) is 2. The van der Waals surface area contributed by atoms with Crippen LogP contribution in [0.5, 0.6) is 0 Å². The normalized spacial score (nSPS) is 9.60. The van der Waals surface area contributed by atoms with Crippen LogP contribution in [-0.2, 0) is 4.79 Å². The van der Waals surface area contributed by atoms with Gasteiger partial charge in [0.15, 0.2) is 0 Å². The summed E-state index contributed by atoms with van der Waals surface area (Å²) in [5.41, 5.74) is 1.91. The molecule has 0 aromatic heterocycles. The van der Waals surface area contributed by atoms with Crippen molar-refractivity contribution in [1.29, 1.82) is 5.26 Å². The van der Waals surface area contributed by atoms with Gasteiger partial charge in [-0.05, 0) is 36.4 Å². The van der Waals surface area contributed by atoms with Crippen LogP contribution in [-0.4, -0.2) is 12.5 Å². The first-order valence-electron chi connectivity index (χ1n) is 5.97. The van der Waals surface area contributed by atoms with Crippen LogP contribution in [0.15, 0.2) is 48.5 Å². The highest BCUT2D eigenvalue weighted by atomic mass is 35.5. The largest absolute Gasteiger partial charge is 0.375 e. The lowest BCUT2D eigenvalue weighted by molar-refractivity contribution is -0.114. The summed E-state index contributed by atoms with van der Waals surface area (Å²) in [5.74, 6) is -0.186. The van der Waals surface area contributed by atoms with E-state index in [-0.39, 0.29) is 12.5 Å². The van der Waals surface area contributed by atoms with Gasteiger partial charge in [-0.1, -0.05) is 23.7 Å². The number of anilines is 2. The first-order chi connectivity index (χ1) is 9.69. The number of rotatable bonds is 4. The molecule has 2 N–H and O–H groups in total. The van der Waals surface area contributed by atoms with Gasteiger partial charge in [-0.15, -0.1) is 0 Å². The molecule has 0 heterocycles. The summed E-state index contributed by atoms with van der Waals surface area (Å²) in [4.78, 5) is 11.8. The molecule has 0 aliphatic rings. The summed E-state index contributed by atoms with van der Waals surface area (Å²) < 4.78 is 0. The van der Waals surface area contributed by atoms with Crippen LogP contribution in [0.25, 0.3) is 0 Å². The molecule has 0 fully saturated rings. The number of halogens is 1. The van der Waals surface area contributed by atoms with Crippen molar-refractivity contribution in [2.45, 2.75) is 0 Å². The third kappa shape index (κ3) is 3.74. The minimum atomic E-state index is -0.186. The van der Waals surface area contributed by atoms with Crippen LogP contribution in [0, 0.1) is 11.3 Å². The van der Waals surface area contributed by atoms with Crippen molar-refractivity contribution in [1.82, 2.24) is 0 Å². The lowest BCUT2D eigenvalue weighted by Gasteiger charge is -2.09. The second-order valence-electron chi connectivity index (χ2n) is 4.07. The Bertz CT molecular complexity index is 647. The van der Waals surface area contributed by atoms with Gasteiger partial charge in [-0.25, -0.2) is 0 Å². The zero-order valence-electron chi connectivity index (χ0n) is 10.6. The van der Waals surface area contributed by atoms with Gasteiger partial charge in [0.05, 0.1) is 28.9 Å². The van der Waals surface area contributed by atoms with Crippen molar-refractivity contribution in [3.8, 4) is 6.07 Å². The molecule has 0 unspecified atom stereocenters. The van der Waals surface area contributed by atoms with E-state index in [1.54, 1.807) is 36.4 Å². The van der Waals surface area contributed by atoms with Gasteiger partial charge in [-0.3, -0.25) is 4.79 Å². The van der Waals surface area contributed by atoms with E-state index >= 15 is 0 Å². The van der Waals surface area contributed by atoms with Crippen molar-refractivity contribution in [3.63, 3.8) is 0 Å². The first kappa shape index (κ1) is 13.9. The molecule has 20 heavy (non-hydrogen) atoms. The maximum atomic E-state index is 11.8. The highest BCUT2D eigenvalue weighted by Gasteiger charge is 2.04. The average molecular weight is 286 g/mol. The topological polar surface area (TPSA) is 64.9 Å². The average Bonchev–Trinajstić information content (AvgIpc) is 2.47. The summed E-state index contributed by atoms with van der Waals surface area (Å²) in [5, 5.41) is 14.9. The molecule has 0 aliphatic carbocycles. The van der Waals surface area contributed by atoms with E-state index < -0.39 is 0 Å². The predicted octanol–water partition coefficient (Wildman–Crippen LogP) is 3.26. The van der Waals surface area contributed by atoms with Crippen LogP contribution >= 0.6 is 11.6 Å². The molecule has 2 rings (SSSR count). The standard InChI is InChI=1S/C15H12ClN3O/c16-13-3-1-2-4-14(13)18-10-15(20)19-12-7-5-11(9-17)6-8-12/h1-8,18H,10H2,(H,19,20). The SMILES string of the molecule is N#Cc1ccc(NC(=O)CNc2ccccc2Cl)cc1. The van der Waals surface area contributed by atoms with Crippen molar-refractivity contribution in [2.75, 3.05) is 17.2 Å². The molecule has 0 saturated heterocycles. The number of carbonyl (C=O) groups is 1. The fourth-order valence-electron chi connectivity index (χ4n) is 1.61. The quantitative estimate of drug-likeness (QED) is 0.906. The lowest BCUT2D eigenvalue weighted by atomic mass is 10.2. The zero-order valence-corrected chi connectivity index (χ0v) is 11.3. The van der Waals surface area contributed by atoms with Gasteiger partial charge in [0, 0.05) is 5.69 Å². The summed E-state index contributed by atoms with van der Waals surface area (Å²) in [6.45, 7) is 0.115. The van der Waals surface area contributed by atoms with E-state index in [4.69, 9.17) is 16.9 Å². The molecule has 0 saturated carbocycles. The van der Waals surface area contributed by atoms with Crippen LogP contribution in [0.4, 0.5) is 11.4 Å². The minimum Gasteiger partial charge on any atom is -0.375 e. The summed E-state index contributed by atoms with van der Waals surface area (Å²) in [6.07, 6.45) is 0. The molecule has 100 valence electrons. The van der Waals surface area contributed by atoms with Gasteiger partial charge in [-0.2, -0.15) is 5.26 Å². The monoisotopic (exact) mass is 285 g/mol. The van der Waals surface area contributed by atoms with E-state index in [0.29, 0.717) is 22.0 Å². The molecule has 1 amide bonds. The highest BCUT2D eigenvalue weighted by Crippen LogP contribution is 2.20. The molecular weight excluding hydrogens is 274 g/mol. The number of amides is 1. The number of nitrogens with zero attached hydrogens (tertiary/aromatic N) is 1. The molecule has 0 bridgehead atoms. The minimum absolute atomic E-state index is 0.115. The Morgan fingerprint density at radius 3 is 2.50 bits per heavy atom. The van der Waals surface area contributed by atoms with Crippen molar-refractivity contribution >= 4 is 28.9 Å². The van der Waals surface area contributed by atoms with Crippen molar-refractivity contribution in [3.05, 3.63) is 59.1 Å². The van der Waals surface area contributed by atoms with E-state index in [1.165, 1.54) is 0 Å². The lowest BCUT2D eigenvalue weighted by Crippen LogP contribution is -2.21. The molecule has 4 nitrogen and oxygen atoms in total. The smallest absolute Gasteiger partial charge is 0.243 e. The van der Waals surface area contributed by atoms with Gasteiger partial charge in [0.1, 0.15) is 0 Å². The van der Waals surface area contributed by atoms with Gasteiger partial charge in [0.2, 0.25) is 5.91 Å². The summed E-state index contributed by atoms with van der Waals surface area (Å²) in [7, 11) is 0. The zero-order chi connectivity index (χ0) is 14.4. The van der Waals surface area contributed by atoms with E-state index in [9.17, 15) is 4.79 Å². The highest BCUT2D eigenvalue weighted by molar-refractivity contribution is 6.33. The second-order valence-corrected chi connectivity index (χ2v) is 4.48. The van der Waals surface area contributed by atoms with Gasteiger partial charge < -0.3 is 10.6 Å². The summed E-state index contributed by atoms with van der Waals surface area (Å²) in [6, 6.07) is 15.9. The molecule has 2 aromatic rings. The third-order valence-electron chi connectivity index (χ3n) is 2.61. The Labute approximate surface area is 122 Å². The molecule has 0 aliphatic heterocycles. The van der Waals surface area contributed by atoms with E-state index in [1.807, 2.05) is 18.2 Å². The first-order valence-corrected chi connectivity index (χ1v) is 6.35. The predicted molar refractivity (Wildman–Crippen MR) is 79.7 cm³/mol. The number of hydrogen-bond acceptors (Lipinski definition) is 3. The van der Waals surface area contributed by atoms with Gasteiger partial charge in [0.25, 0.3) is 0 Å². The van der Waals surface area contributed by atoms with Gasteiger partial charge >= 0.3 is 0 Å². The maximum absolute atomic E-state index is 11.8. The Morgan fingerprint density at radius 2 is 1.85 bits per heavy atom. The van der Waals surface area contributed by atoms with E-state index in [2.05, 4.69) is 10.6 Å². The number of benzene rings is 2. The second kappa shape index (κ2) is 6.60. The molecule has 0 radical (unpaired) electrons. The van der Waals surface area contributed by atoms with Crippen molar-refractivity contribution < 1.29 is 4.79 Å². The third-order valence-corrected chi connectivity index (χ3v) is 2.94. The Balaban J connectivity index is 1.89. The van der Waals surface area contributed by atoms with E-state index in [0.717, 1.165) is 0 Å². The fraction of sp³-hybridized carbons (Fsp3) is 0.0667. The number of carbonyl (C=O) groups excluding carboxylic acids is 1. The number of para-hydroxylation sites is 1. The van der Waals surface area contributed by atoms with Crippen LogP contribution in [0.3, 0.4) is 0 Å². The molecule has 0 spiro atoms. The van der Waals surface area contributed by atoms with Crippen LogP contribution in [0.1, 0.15) is 5.56 Å². The summed E-state index contributed by atoms with van der Waals surface area (Å²) >= 11 is 5.98. The molecule has 2 aromatic carbocycles. The van der Waals surface area contributed by atoms with Crippen LogP contribution < -0.4 is 10.6 Å². The fourth-order valence-corrected chi connectivity index (χ4v) is 1.82. The Kier molecular flexibility index (Phi) is 4.59. The molecule has 0 atom stereocenters. The molecular formula is C15H12ClN3O. The maximum Gasteiger partial charge on any atom is 0.243 e. The number of nitriles is 1. The Morgan fingerprint density at radius 1 is 1.15 bits per heavy atom. The molecule has 5 heteroatoms. The number of hydrogen-bond donors (Lipinski definition) is 2. The Hall–Kier alpha value is -2.51.